The molecule has 0 saturated carbocycles. The highest BCUT2D eigenvalue weighted by Crippen LogP contribution is 2.25. The Kier molecular flexibility index (Phi) is 5.78. The summed E-state index contributed by atoms with van der Waals surface area (Å²) in [6.45, 7) is 3.85. The Morgan fingerprint density at radius 1 is 1.25 bits per heavy atom. The van der Waals surface area contributed by atoms with Crippen LogP contribution in [0.3, 0.4) is 0 Å². The SMILES string of the molecule is COc1ccc(Br)cc1/C=C(\C#N)C(=O)Nc1cc(C)ccc1C. The summed E-state index contributed by atoms with van der Waals surface area (Å²) in [5.74, 6) is 0.138. The van der Waals surface area contributed by atoms with E-state index in [4.69, 9.17) is 4.74 Å². The van der Waals surface area contributed by atoms with Crippen LogP contribution in [0.1, 0.15) is 16.7 Å². The average Bonchev–Trinajstić information content (AvgIpc) is 2.56. The molecule has 0 aromatic heterocycles. The number of benzene rings is 2. The molecule has 2 aromatic rings. The van der Waals surface area contributed by atoms with Crippen molar-refractivity contribution in [3.8, 4) is 11.8 Å². The van der Waals surface area contributed by atoms with Gasteiger partial charge in [0.25, 0.3) is 5.91 Å². The third-order valence-corrected chi connectivity index (χ3v) is 3.99. The van der Waals surface area contributed by atoms with E-state index in [2.05, 4.69) is 21.2 Å². The van der Waals surface area contributed by atoms with Crippen LogP contribution in [-0.2, 0) is 4.79 Å². The largest absolute Gasteiger partial charge is 0.496 e. The monoisotopic (exact) mass is 384 g/mol. The summed E-state index contributed by atoms with van der Waals surface area (Å²) in [5, 5.41) is 12.2. The van der Waals surface area contributed by atoms with Crippen LogP contribution in [0.4, 0.5) is 5.69 Å². The number of nitrogens with one attached hydrogen (secondary N) is 1. The van der Waals surface area contributed by atoms with E-state index in [0.717, 1.165) is 15.6 Å². The molecule has 1 N–H and O–H groups in total. The quantitative estimate of drug-likeness (QED) is 0.617. The van der Waals surface area contributed by atoms with Crippen LogP contribution in [0.25, 0.3) is 6.08 Å². The number of aryl methyl sites for hydroxylation is 2. The van der Waals surface area contributed by atoms with Crippen molar-refractivity contribution in [2.45, 2.75) is 13.8 Å². The van der Waals surface area contributed by atoms with E-state index in [1.807, 2.05) is 44.2 Å². The molecular formula is C19H17BrN2O2. The van der Waals surface area contributed by atoms with Crippen molar-refractivity contribution >= 4 is 33.6 Å². The van der Waals surface area contributed by atoms with Gasteiger partial charge in [-0.3, -0.25) is 4.79 Å². The highest BCUT2D eigenvalue weighted by atomic mass is 79.9. The first-order chi connectivity index (χ1) is 11.4. The molecule has 0 radical (unpaired) electrons. The summed E-state index contributed by atoms with van der Waals surface area (Å²) in [4.78, 5) is 12.4. The van der Waals surface area contributed by atoms with Crippen LogP contribution in [0.2, 0.25) is 0 Å². The minimum atomic E-state index is -0.451. The molecule has 0 heterocycles. The van der Waals surface area contributed by atoms with E-state index in [0.29, 0.717) is 17.0 Å². The molecule has 0 aliphatic carbocycles. The van der Waals surface area contributed by atoms with Gasteiger partial charge < -0.3 is 10.1 Å². The molecule has 0 unspecified atom stereocenters. The first-order valence-electron chi connectivity index (χ1n) is 7.28. The van der Waals surface area contributed by atoms with Gasteiger partial charge in [0.05, 0.1) is 7.11 Å². The Labute approximate surface area is 149 Å². The van der Waals surface area contributed by atoms with E-state index < -0.39 is 5.91 Å². The number of carbonyl (C=O) groups excluding carboxylic acids is 1. The summed E-state index contributed by atoms with van der Waals surface area (Å²) < 4.78 is 6.11. The topological polar surface area (TPSA) is 62.1 Å². The van der Waals surface area contributed by atoms with E-state index in [-0.39, 0.29) is 5.57 Å². The fourth-order valence-electron chi connectivity index (χ4n) is 2.18. The van der Waals surface area contributed by atoms with Crippen molar-refractivity contribution in [2.75, 3.05) is 12.4 Å². The van der Waals surface area contributed by atoms with Crippen molar-refractivity contribution < 1.29 is 9.53 Å². The van der Waals surface area contributed by atoms with Gasteiger partial charge in [0.15, 0.2) is 0 Å². The van der Waals surface area contributed by atoms with Crippen molar-refractivity contribution in [1.29, 1.82) is 5.26 Å². The second-order valence-corrected chi connectivity index (χ2v) is 6.24. The number of amides is 1. The fourth-order valence-corrected chi connectivity index (χ4v) is 2.56. The van der Waals surface area contributed by atoms with Crippen LogP contribution >= 0.6 is 15.9 Å². The number of hydrogen-bond acceptors (Lipinski definition) is 3. The highest BCUT2D eigenvalue weighted by Gasteiger charge is 2.12. The standard InChI is InChI=1S/C19H17BrN2O2/c1-12-4-5-13(2)17(8-12)22-19(23)15(11-21)9-14-10-16(20)6-7-18(14)24-3/h4-10H,1-3H3,(H,22,23)/b15-9+. The molecule has 0 fully saturated rings. The van der Waals surface area contributed by atoms with Gasteiger partial charge in [-0.25, -0.2) is 0 Å². The summed E-state index contributed by atoms with van der Waals surface area (Å²) in [5.41, 5.74) is 3.33. The Morgan fingerprint density at radius 3 is 2.67 bits per heavy atom. The number of ether oxygens (including phenoxy) is 1. The van der Waals surface area contributed by atoms with Gasteiger partial charge in [-0.1, -0.05) is 28.1 Å². The summed E-state index contributed by atoms with van der Waals surface area (Å²) in [7, 11) is 1.54. The minimum absolute atomic E-state index is 0.00676. The Hall–Kier alpha value is -2.58. The smallest absolute Gasteiger partial charge is 0.266 e. The van der Waals surface area contributed by atoms with E-state index in [1.54, 1.807) is 19.2 Å². The number of anilines is 1. The summed E-state index contributed by atoms with van der Waals surface area (Å²) in [6.07, 6.45) is 1.52. The maximum absolute atomic E-state index is 12.4. The first kappa shape index (κ1) is 17.8. The van der Waals surface area contributed by atoms with Crippen LogP contribution in [0.15, 0.2) is 46.4 Å². The average molecular weight is 385 g/mol. The molecule has 24 heavy (non-hydrogen) atoms. The zero-order chi connectivity index (χ0) is 17.7. The molecule has 122 valence electrons. The molecule has 4 nitrogen and oxygen atoms in total. The number of rotatable bonds is 4. The van der Waals surface area contributed by atoms with Crippen molar-refractivity contribution in [2.24, 2.45) is 0 Å². The molecule has 5 heteroatoms. The van der Waals surface area contributed by atoms with Crippen LogP contribution in [0, 0.1) is 25.2 Å². The number of hydrogen-bond donors (Lipinski definition) is 1. The molecule has 2 rings (SSSR count). The molecule has 0 bridgehead atoms. The molecular weight excluding hydrogens is 368 g/mol. The lowest BCUT2D eigenvalue weighted by atomic mass is 10.1. The Morgan fingerprint density at radius 2 is 2.00 bits per heavy atom. The Balaban J connectivity index is 2.34. The van der Waals surface area contributed by atoms with E-state index >= 15 is 0 Å². The van der Waals surface area contributed by atoms with E-state index in [1.165, 1.54) is 6.08 Å². The maximum Gasteiger partial charge on any atom is 0.266 e. The lowest BCUT2D eigenvalue weighted by Crippen LogP contribution is -2.14. The van der Waals surface area contributed by atoms with Gasteiger partial charge in [-0.05, 0) is 55.3 Å². The molecule has 0 atom stereocenters. The molecule has 0 aliphatic heterocycles. The molecule has 1 amide bonds. The second-order valence-electron chi connectivity index (χ2n) is 5.33. The predicted octanol–water partition coefficient (Wildman–Crippen LogP) is 4.62. The van der Waals surface area contributed by atoms with Crippen LogP contribution in [-0.4, -0.2) is 13.0 Å². The van der Waals surface area contributed by atoms with Gasteiger partial charge in [-0.2, -0.15) is 5.26 Å². The number of carbonyl (C=O) groups is 1. The first-order valence-corrected chi connectivity index (χ1v) is 8.08. The number of methoxy groups -OCH3 is 1. The molecule has 0 aliphatic rings. The van der Waals surface area contributed by atoms with Crippen LogP contribution < -0.4 is 10.1 Å². The number of halogens is 1. The molecule has 0 saturated heterocycles. The predicted molar refractivity (Wildman–Crippen MR) is 98.8 cm³/mol. The minimum Gasteiger partial charge on any atom is -0.496 e. The Bertz CT molecular complexity index is 851. The van der Waals surface area contributed by atoms with E-state index in [9.17, 15) is 10.1 Å². The third kappa shape index (κ3) is 4.24. The van der Waals surface area contributed by atoms with Crippen molar-refractivity contribution in [1.82, 2.24) is 0 Å². The third-order valence-electron chi connectivity index (χ3n) is 3.50. The van der Waals surface area contributed by atoms with Gasteiger partial charge >= 0.3 is 0 Å². The number of nitrogens with zero attached hydrogens (tertiary/aromatic N) is 1. The molecule has 0 spiro atoms. The fraction of sp³-hybridized carbons (Fsp3) is 0.158. The summed E-state index contributed by atoms with van der Waals surface area (Å²) >= 11 is 3.38. The number of nitriles is 1. The molecule has 2 aromatic carbocycles. The van der Waals surface area contributed by atoms with Crippen LogP contribution in [0.5, 0.6) is 5.75 Å². The normalized spacial score (nSPS) is 10.9. The van der Waals surface area contributed by atoms with Gasteiger partial charge in [-0.15, -0.1) is 0 Å². The lowest BCUT2D eigenvalue weighted by molar-refractivity contribution is -0.112. The second kappa shape index (κ2) is 7.80. The zero-order valence-corrected chi connectivity index (χ0v) is 15.3. The van der Waals surface area contributed by atoms with Crippen molar-refractivity contribution in [3.05, 3.63) is 63.1 Å². The van der Waals surface area contributed by atoms with Crippen molar-refractivity contribution in [3.63, 3.8) is 0 Å². The van der Waals surface area contributed by atoms with Gasteiger partial charge in [0, 0.05) is 15.7 Å². The summed E-state index contributed by atoms with van der Waals surface area (Å²) in [6, 6.07) is 13.1. The van der Waals surface area contributed by atoms with Gasteiger partial charge in [0.2, 0.25) is 0 Å². The van der Waals surface area contributed by atoms with Gasteiger partial charge in [0.1, 0.15) is 17.4 Å². The lowest BCUT2D eigenvalue weighted by Gasteiger charge is -2.09. The highest BCUT2D eigenvalue weighted by molar-refractivity contribution is 9.10. The zero-order valence-electron chi connectivity index (χ0n) is 13.7. The maximum atomic E-state index is 12.4.